The summed E-state index contributed by atoms with van der Waals surface area (Å²) in [6.45, 7) is 6.68. The molecular formula is C11H19NO5. The second-order valence-electron chi connectivity index (χ2n) is 4.94. The van der Waals surface area contributed by atoms with Crippen molar-refractivity contribution in [2.75, 3.05) is 26.4 Å². The first-order chi connectivity index (χ1) is 7.87. The van der Waals surface area contributed by atoms with Gasteiger partial charge in [-0.1, -0.05) is 0 Å². The van der Waals surface area contributed by atoms with Crippen molar-refractivity contribution in [3.05, 3.63) is 0 Å². The minimum atomic E-state index is -0.624. The van der Waals surface area contributed by atoms with Gasteiger partial charge < -0.3 is 19.5 Å². The lowest BCUT2D eigenvalue weighted by molar-refractivity contribution is -0.149. The average Bonchev–Trinajstić information content (AvgIpc) is 2.09. The van der Waals surface area contributed by atoms with Crippen molar-refractivity contribution in [1.29, 1.82) is 0 Å². The highest BCUT2D eigenvalue weighted by Crippen LogP contribution is 2.09. The van der Waals surface area contributed by atoms with E-state index < -0.39 is 17.7 Å². The largest absolute Gasteiger partial charge is 0.464 e. The molecule has 1 rings (SSSR count). The molecule has 17 heavy (non-hydrogen) atoms. The monoisotopic (exact) mass is 245 g/mol. The molecule has 0 aromatic rings. The Morgan fingerprint density at radius 1 is 1.35 bits per heavy atom. The summed E-state index contributed by atoms with van der Waals surface area (Å²) in [6.07, 6.45) is -0.624. The van der Waals surface area contributed by atoms with E-state index in [0.29, 0.717) is 25.7 Å². The van der Waals surface area contributed by atoms with Crippen LogP contribution in [0.4, 0.5) is 4.79 Å². The van der Waals surface area contributed by atoms with Crippen LogP contribution in [0, 0.1) is 5.92 Å². The third-order valence-electron chi connectivity index (χ3n) is 1.96. The Kier molecular flexibility index (Phi) is 4.74. The Bertz CT molecular complexity index is 280. The molecular weight excluding hydrogens is 226 g/mol. The summed E-state index contributed by atoms with van der Waals surface area (Å²) in [5.74, 6) is -0.178. The van der Waals surface area contributed by atoms with E-state index in [0.717, 1.165) is 0 Å². The fraction of sp³-hybridized carbons (Fsp3) is 0.818. The molecule has 0 radical (unpaired) electrons. The van der Waals surface area contributed by atoms with Crippen molar-refractivity contribution in [2.45, 2.75) is 26.4 Å². The minimum absolute atomic E-state index is 0.178. The number of rotatable bonds is 4. The Morgan fingerprint density at radius 3 is 2.47 bits per heavy atom. The SMILES string of the molecule is CC(C)(C)OC(=O)NCC(=O)OCC1COC1. The molecule has 0 unspecified atom stereocenters. The van der Waals surface area contributed by atoms with Crippen LogP contribution in [0.1, 0.15) is 20.8 Å². The zero-order chi connectivity index (χ0) is 12.9. The first-order valence-corrected chi connectivity index (χ1v) is 5.57. The number of alkyl carbamates (subject to hydrolysis) is 1. The third-order valence-corrected chi connectivity index (χ3v) is 1.96. The highest BCUT2D eigenvalue weighted by atomic mass is 16.6. The van der Waals surface area contributed by atoms with E-state index in [1.807, 2.05) is 0 Å². The van der Waals surface area contributed by atoms with E-state index in [1.165, 1.54) is 0 Å². The predicted octanol–water partition coefficient (Wildman–Crippen LogP) is 0.701. The summed E-state index contributed by atoms with van der Waals surface area (Å²) in [4.78, 5) is 22.4. The number of esters is 1. The highest BCUT2D eigenvalue weighted by molar-refractivity contribution is 5.77. The molecule has 0 bridgehead atoms. The molecule has 0 aliphatic carbocycles. The van der Waals surface area contributed by atoms with Crippen LogP contribution in [-0.2, 0) is 19.0 Å². The fourth-order valence-corrected chi connectivity index (χ4v) is 1.10. The lowest BCUT2D eigenvalue weighted by Crippen LogP contribution is -2.37. The summed E-state index contributed by atoms with van der Waals surface area (Å²) < 4.78 is 14.8. The van der Waals surface area contributed by atoms with Gasteiger partial charge in [0.2, 0.25) is 0 Å². The number of hydrogen-bond acceptors (Lipinski definition) is 5. The van der Waals surface area contributed by atoms with Crippen molar-refractivity contribution in [1.82, 2.24) is 5.32 Å². The molecule has 1 N–H and O–H groups in total. The van der Waals surface area contributed by atoms with Crippen LogP contribution in [0.2, 0.25) is 0 Å². The summed E-state index contributed by atoms with van der Waals surface area (Å²) in [6, 6.07) is 0. The van der Waals surface area contributed by atoms with Crippen LogP contribution in [-0.4, -0.2) is 44.0 Å². The van der Waals surface area contributed by atoms with Crippen LogP contribution in [0.25, 0.3) is 0 Å². The fourth-order valence-electron chi connectivity index (χ4n) is 1.10. The van der Waals surface area contributed by atoms with Gasteiger partial charge in [0.1, 0.15) is 12.1 Å². The Balaban J connectivity index is 2.08. The van der Waals surface area contributed by atoms with E-state index in [1.54, 1.807) is 20.8 Å². The lowest BCUT2D eigenvalue weighted by Gasteiger charge is -2.25. The molecule has 0 aromatic carbocycles. The van der Waals surface area contributed by atoms with Gasteiger partial charge in [-0.25, -0.2) is 4.79 Å². The molecule has 0 atom stereocenters. The highest BCUT2D eigenvalue weighted by Gasteiger charge is 2.21. The number of hydrogen-bond donors (Lipinski definition) is 1. The zero-order valence-corrected chi connectivity index (χ0v) is 10.4. The van der Waals surface area contributed by atoms with Gasteiger partial charge in [-0.15, -0.1) is 0 Å². The van der Waals surface area contributed by atoms with Crippen LogP contribution >= 0.6 is 0 Å². The molecule has 98 valence electrons. The van der Waals surface area contributed by atoms with E-state index in [4.69, 9.17) is 14.2 Å². The molecule has 6 heteroatoms. The Hall–Kier alpha value is -1.30. The maximum absolute atomic E-state index is 11.2. The standard InChI is InChI=1S/C11H19NO5/c1-11(2,3)17-10(14)12-4-9(13)16-7-8-5-15-6-8/h8H,4-7H2,1-3H3,(H,12,14). The van der Waals surface area contributed by atoms with Crippen LogP contribution in [0.15, 0.2) is 0 Å². The maximum atomic E-state index is 11.2. The van der Waals surface area contributed by atoms with Crippen LogP contribution in [0.5, 0.6) is 0 Å². The molecule has 1 aliphatic rings. The molecule has 0 aromatic heterocycles. The Labute approximate surface area is 101 Å². The molecule has 0 spiro atoms. The molecule has 1 aliphatic heterocycles. The second kappa shape index (κ2) is 5.86. The van der Waals surface area contributed by atoms with Gasteiger partial charge in [0.25, 0.3) is 0 Å². The summed E-state index contributed by atoms with van der Waals surface area (Å²) in [5.41, 5.74) is -0.572. The summed E-state index contributed by atoms with van der Waals surface area (Å²) >= 11 is 0. The van der Waals surface area contributed by atoms with Gasteiger partial charge in [0.05, 0.1) is 19.8 Å². The molecule has 6 nitrogen and oxygen atoms in total. The van der Waals surface area contributed by atoms with Crippen LogP contribution in [0.3, 0.4) is 0 Å². The number of nitrogens with one attached hydrogen (secondary N) is 1. The molecule has 1 amide bonds. The van der Waals surface area contributed by atoms with Crippen molar-refractivity contribution in [3.63, 3.8) is 0 Å². The van der Waals surface area contributed by atoms with Crippen molar-refractivity contribution in [2.24, 2.45) is 5.92 Å². The Morgan fingerprint density at radius 2 is 2.00 bits per heavy atom. The first kappa shape index (κ1) is 13.8. The van der Waals surface area contributed by atoms with Gasteiger partial charge in [-0.2, -0.15) is 0 Å². The van der Waals surface area contributed by atoms with E-state index in [-0.39, 0.29) is 6.54 Å². The van der Waals surface area contributed by atoms with Gasteiger partial charge in [0, 0.05) is 5.92 Å². The first-order valence-electron chi connectivity index (χ1n) is 5.57. The average molecular weight is 245 g/mol. The lowest BCUT2D eigenvalue weighted by atomic mass is 10.1. The van der Waals surface area contributed by atoms with Gasteiger partial charge >= 0.3 is 12.1 Å². The van der Waals surface area contributed by atoms with E-state index in [9.17, 15) is 9.59 Å². The van der Waals surface area contributed by atoms with E-state index in [2.05, 4.69) is 5.32 Å². The number of ether oxygens (including phenoxy) is 3. The molecule has 1 saturated heterocycles. The topological polar surface area (TPSA) is 73.9 Å². The molecule has 1 heterocycles. The third kappa shape index (κ3) is 6.11. The summed E-state index contributed by atoms with van der Waals surface area (Å²) in [7, 11) is 0. The predicted molar refractivity (Wildman–Crippen MR) is 59.5 cm³/mol. The van der Waals surface area contributed by atoms with Crippen molar-refractivity contribution >= 4 is 12.1 Å². The van der Waals surface area contributed by atoms with Crippen LogP contribution < -0.4 is 5.32 Å². The maximum Gasteiger partial charge on any atom is 0.408 e. The minimum Gasteiger partial charge on any atom is -0.464 e. The quantitative estimate of drug-likeness (QED) is 0.738. The molecule has 0 saturated carbocycles. The van der Waals surface area contributed by atoms with Gasteiger partial charge in [-0.3, -0.25) is 4.79 Å². The zero-order valence-electron chi connectivity index (χ0n) is 10.4. The van der Waals surface area contributed by atoms with E-state index >= 15 is 0 Å². The van der Waals surface area contributed by atoms with Crippen molar-refractivity contribution in [3.8, 4) is 0 Å². The number of carbonyl (C=O) groups is 2. The smallest absolute Gasteiger partial charge is 0.408 e. The van der Waals surface area contributed by atoms with Gasteiger partial charge in [-0.05, 0) is 20.8 Å². The summed E-state index contributed by atoms with van der Waals surface area (Å²) in [5, 5.41) is 2.33. The van der Waals surface area contributed by atoms with Gasteiger partial charge in [0.15, 0.2) is 0 Å². The second-order valence-corrected chi connectivity index (χ2v) is 4.94. The number of amides is 1. The normalized spacial score (nSPS) is 15.9. The number of carbonyl (C=O) groups excluding carboxylic acids is 2. The molecule has 1 fully saturated rings. The van der Waals surface area contributed by atoms with Crippen molar-refractivity contribution < 1.29 is 23.8 Å².